The van der Waals surface area contributed by atoms with Crippen molar-refractivity contribution in [1.29, 1.82) is 0 Å². The average Bonchev–Trinajstić information content (AvgIpc) is 2.92. The van der Waals surface area contributed by atoms with Crippen LogP contribution in [0.3, 0.4) is 0 Å². The maximum Gasteiger partial charge on any atom is 0.262 e. The van der Waals surface area contributed by atoms with Crippen LogP contribution in [0.2, 0.25) is 15.1 Å². The lowest BCUT2D eigenvalue weighted by atomic mass is 10.2. The van der Waals surface area contributed by atoms with Gasteiger partial charge in [0, 0.05) is 6.07 Å². The van der Waals surface area contributed by atoms with E-state index in [1.165, 1.54) is 12.1 Å². The molecule has 3 rings (SSSR count). The quantitative estimate of drug-likeness (QED) is 0.514. The van der Waals surface area contributed by atoms with E-state index in [0.717, 1.165) is 16.9 Å². The number of hydrogen-bond acceptors (Lipinski definition) is 3. The van der Waals surface area contributed by atoms with Gasteiger partial charge in [0.05, 0.1) is 37.8 Å². The van der Waals surface area contributed by atoms with Gasteiger partial charge in [-0.25, -0.2) is 4.68 Å². The maximum absolute atomic E-state index is 12.4. The summed E-state index contributed by atoms with van der Waals surface area (Å²) in [5.74, 6) is -0.0493. The number of carbonyl (C=O) groups is 1. The minimum absolute atomic E-state index is 0.230. The van der Waals surface area contributed by atoms with Crippen molar-refractivity contribution in [2.45, 2.75) is 20.8 Å². The lowest BCUT2D eigenvalue weighted by Gasteiger charge is -2.10. The van der Waals surface area contributed by atoms with Crippen LogP contribution in [0, 0.1) is 20.8 Å². The lowest BCUT2D eigenvalue weighted by molar-refractivity contribution is -0.118. The van der Waals surface area contributed by atoms with Crippen molar-refractivity contribution in [2.75, 3.05) is 11.9 Å². The molecule has 0 saturated heterocycles. The number of anilines is 1. The van der Waals surface area contributed by atoms with E-state index in [4.69, 9.17) is 39.5 Å². The first kappa shape index (κ1) is 20.5. The number of aromatic nitrogens is 2. The van der Waals surface area contributed by atoms with Gasteiger partial charge < -0.3 is 10.1 Å². The third kappa shape index (κ3) is 4.43. The number of hydrogen-bond donors (Lipinski definition) is 1. The molecule has 0 aliphatic heterocycles. The van der Waals surface area contributed by atoms with Crippen LogP contribution in [-0.4, -0.2) is 22.3 Å². The Kier molecular flexibility index (Phi) is 6.18. The Labute approximate surface area is 178 Å². The number of nitrogens with one attached hydrogen (secondary N) is 1. The monoisotopic (exact) mass is 437 g/mol. The van der Waals surface area contributed by atoms with E-state index in [9.17, 15) is 4.79 Å². The van der Waals surface area contributed by atoms with Crippen molar-refractivity contribution in [3.05, 3.63) is 68.4 Å². The van der Waals surface area contributed by atoms with E-state index in [1.54, 1.807) is 4.68 Å². The zero-order valence-corrected chi connectivity index (χ0v) is 17.8. The molecule has 1 heterocycles. The predicted molar refractivity (Wildman–Crippen MR) is 113 cm³/mol. The molecule has 0 unspecified atom stereocenters. The van der Waals surface area contributed by atoms with Crippen molar-refractivity contribution in [1.82, 2.24) is 9.78 Å². The Bertz CT molecular complexity index is 1030. The summed E-state index contributed by atoms with van der Waals surface area (Å²) in [5, 5.41) is 8.27. The first-order valence-electron chi connectivity index (χ1n) is 8.46. The molecule has 2 aromatic carbocycles. The Morgan fingerprint density at radius 3 is 2.36 bits per heavy atom. The number of amides is 1. The van der Waals surface area contributed by atoms with Gasteiger partial charge in [0.1, 0.15) is 5.75 Å². The van der Waals surface area contributed by atoms with Crippen LogP contribution in [0.15, 0.2) is 36.4 Å². The molecule has 8 heteroatoms. The highest BCUT2D eigenvalue weighted by Gasteiger charge is 2.16. The first-order valence-corrected chi connectivity index (χ1v) is 9.60. The number of benzene rings is 2. The van der Waals surface area contributed by atoms with E-state index in [0.29, 0.717) is 21.4 Å². The predicted octanol–water partition coefficient (Wildman–Crippen LogP) is 5.78. The smallest absolute Gasteiger partial charge is 0.262 e. The summed E-state index contributed by atoms with van der Waals surface area (Å²) in [6, 6.07) is 10.9. The number of ether oxygens (including phenoxy) is 1. The van der Waals surface area contributed by atoms with Crippen molar-refractivity contribution >= 4 is 46.4 Å². The van der Waals surface area contributed by atoms with Crippen molar-refractivity contribution in [3.8, 4) is 11.4 Å². The molecule has 0 atom stereocenters. The second-order valence-corrected chi connectivity index (χ2v) is 7.55. The van der Waals surface area contributed by atoms with Gasteiger partial charge in [-0.15, -0.1) is 0 Å². The van der Waals surface area contributed by atoms with E-state index in [1.807, 2.05) is 45.0 Å². The van der Waals surface area contributed by atoms with E-state index < -0.39 is 0 Å². The number of nitrogens with zero attached hydrogens (tertiary/aromatic N) is 2. The van der Waals surface area contributed by atoms with Gasteiger partial charge in [-0.2, -0.15) is 5.10 Å². The first-order chi connectivity index (χ1) is 13.3. The van der Waals surface area contributed by atoms with Gasteiger partial charge in [0.25, 0.3) is 5.91 Å². The van der Waals surface area contributed by atoms with Crippen LogP contribution in [0.25, 0.3) is 5.69 Å². The van der Waals surface area contributed by atoms with Gasteiger partial charge in [-0.1, -0.05) is 52.5 Å². The second kappa shape index (κ2) is 8.43. The number of halogens is 3. The Morgan fingerprint density at radius 2 is 1.68 bits per heavy atom. The van der Waals surface area contributed by atoms with Crippen LogP contribution in [0.5, 0.6) is 5.75 Å². The van der Waals surface area contributed by atoms with Gasteiger partial charge in [0.15, 0.2) is 6.61 Å². The molecule has 0 aliphatic carbocycles. The van der Waals surface area contributed by atoms with Gasteiger partial charge >= 0.3 is 0 Å². The molecule has 146 valence electrons. The van der Waals surface area contributed by atoms with Crippen molar-refractivity contribution < 1.29 is 9.53 Å². The summed E-state index contributed by atoms with van der Waals surface area (Å²) >= 11 is 17.9. The summed E-state index contributed by atoms with van der Waals surface area (Å²) in [6.07, 6.45) is 0. The molecule has 0 radical (unpaired) electrons. The van der Waals surface area contributed by atoms with E-state index in [-0.39, 0.29) is 23.3 Å². The third-order valence-electron chi connectivity index (χ3n) is 4.17. The van der Waals surface area contributed by atoms with Crippen molar-refractivity contribution in [3.63, 3.8) is 0 Å². The molecule has 1 amide bonds. The molecule has 28 heavy (non-hydrogen) atoms. The van der Waals surface area contributed by atoms with Crippen LogP contribution in [0.4, 0.5) is 5.69 Å². The Balaban J connectivity index is 1.72. The normalized spacial score (nSPS) is 10.8. The number of rotatable bonds is 5. The standard InChI is InChI=1S/C20H18Cl3N3O2/c1-11-4-6-14(7-5-11)26-13(3)20(12(2)25-26)24-19(27)10-28-18-9-16(22)15(21)8-17(18)23/h4-9H,10H2,1-3H3,(H,24,27). The molecule has 0 saturated carbocycles. The molecule has 1 N–H and O–H groups in total. The van der Waals surface area contributed by atoms with Crippen LogP contribution in [-0.2, 0) is 4.79 Å². The molecule has 0 bridgehead atoms. The SMILES string of the molecule is Cc1ccc(-n2nc(C)c(NC(=O)COc3cc(Cl)c(Cl)cc3Cl)c2C)cc1. The Morgan fingerprint density at radius 1 is 1.04 bits per heavy atom. The summed E-state index contributed by atoms with van der Waals surface area (Å²) in [5.41, 5.74) is 4.26. The summed E-state index contributed by atoms with van der Waals surface area (Å²) in [4.78, 5) is 12.4. The average molecular weight is 439 g/mol. The molecule has 0 fully saturated rings. The Hall–Kier alpha value is -2.21. The summed E-state index contributed by atoms with van der Waals surface area (Å²) in [7, 11) is 0. The number of carbonyl (C=O) groups excluding carboxylic acids is 1. The highest BCUT2D eigenvalue weighted by molar-refractivity contribution is 6.43. The molecular formula is C20H18Cl3N3O2. The second-order valence-electron chi connectivity index (χ2n) is 6.33. The van der Waals surface area contributed by atoms with E-state index >= 15 is 0 Å². The zero-order chi connectivity index (χ0) is 20.4. The van der Waals surface area contributed by atoms with Crippen molar-refractivity contribution in [2.24, 2.45) is 0 Å². The summed E-state index contributed by atoms with van der Waals surface area (Å²) in [6.45, 7) is 5.53. The van der Waals surface area contributed by atoms with Gasteiger partial charge in [-0.3, -0.25) is 4.79 Å². The molecule has 1 aromatic heterocycles. The van der Waals surface area contributed by atoms with Crippen LogP contribution < -0.4 is 10.1 Å². The maximum atomic E-state index is 12.4. The highest BCUT2D eigenvalue weighted by Crippen LogP contribution is 2.33. The minimum Gasteiger partial charge on any atom is -0.482 e. The topological polar surface area (TPSA) is 56.2 Å². The molecule has 5 nitrogen and oxygen atoms in total. The van der Waals surface area contributed by atoms with Gasteiger partial charge in [-0.05, 0) is 39.0 Å². The fourth-order valence-corrected chi connectivity index (χ4v) is 3.29. The van der Waals surface area contributed by atoms with Crippen LogP contribution >= 0.6 is 34.8 Å². The third-order valence-corrected chi connectivity index (χ3v) is 5.19. The molecule has 3 aromatic rings. The largest absolute Gasteiger partial charge is 0.482 e. The molecule has 0 aliphatic rings. The molecule has 0 spiro atoms. The van der Waals surface area contributed by atoms with Gasteiger partial charge in [0.2, 0.25) is 0 Å². The van der Waals surface area contributed by atoms with E-state index in [2.05, 4.69) is 10.4 Å². The fourth-order valence-electron chi connectivity index (χ4n) is 2.69. The number of aryl methyl sites for hydroxylation is 2. The zero-order valence-electron chi connectivity index (χ0n) is 15.5. The minimum atomic E-state index is -0.336. The van der Waals surface area contributed by atoms with Crippen LogP contribution in [0.1, 0.15) is 17.0 Å². The summed E-state index contributed by atoms with van der Waals surface area (Å²) < 4.78 is 7.27. The lowest BCUT2D eigenvalue weighted by Crippen LogP contribution is -2.21. The fraction of sp³-hybridized carbons (Fsp3) is 0.200. The highest BCUT2D eigenvalue weighted by atomic mass is 35.5. The molecular weight excluding hydrogens is 421 g/mol.